The number of piperidine rings is 1. The molecule has 1 saturated heterocycles. The van der Waals surface area contributed by atoms with Crippen molar-refractivity contribution >= 4 is 34.2 Å². The molecule has 30 heavy (non-hydrogen) atoms. The monoisotopic (exact) mass is 425 g/mol. The van der Waals surface area contributed by atoms with Gasteiger partial charge in [-0.25, -0.2) is 4.79 Å². The lowest BCUT2D eigenvalue weighted by molar-refractivity contribution is 0.0834. The number of fused-ring (bicyclic) bond motifs is 1. The van der Waals surface area contributed by atoms with E-state index in [1.807, 2.05) is 43.6 Å². The zero-order valence-electron chi connectivity index (χ0n) is 17.3. The SMILES string of the molecule is CC(C)COC(=O)N1CCC(c2c[nH]c3c(C(N)=O)cc(-c4cccs4)cc23)CC1. The molecule has 0 unspecified atom stereocenters. The number of aromatic nitrogens is 1. The summed E-state index contributed by atoms with van der Waals surface area (Å²) in [6.45, 7) is 5.84. The third-order valence-electron chi connectivity index (χ3n) is 5.63. The van der Waals surface area contributed by atoms with Crippen molar-refractivity contribution in [1.82, 2.24) is 9.88 Å². The number of benzene rings is 1. The van der Waals surface area contributed by atoms with Crippen LogP contribution in [0.15, 0.2) is 35.8 Å². The molecule has 0 atom stereocenters. The third kappa shape index (κ3) is 4.07. The summed E-state index contributed by atoms with van der Waals surface area (Å²) in [6.07, 6.45) is 3.49. The van der Waals surface area contributed by atoms with E-state index in [0.717, 1.165) is 34.2 Å². The highest BCUT2D eigenvalue weighted by Gasteiger charge is 2.27. The fraction of sp³-hybridized carbons (Fsp3) is 0.391. The predicted molar refractivity (Wildman–Crippen MR) is 120 cm³/mol. The van der Waals surface area contributed by atoms with Gasteiger partial charge in [0.1, 0.15) is 0 Å². The minimum atomic E-state index is -0.436. The smallest absolute Gasteiger partial charge is 0.409 e. The van der Waals surface area contributed by atoms with Crippen LogP contribution in [0.2, 0.25) is 0 Å². The Hall–Kier alpha value is -2.80. The second kappa shape index (κ2) is 8.52. The number of likely N-dealkylation sites (tertiary alicyclic amines) is 1. The van der Waals surface area contributed by atoms with E-state index >= 15 is 0 Å². The van der Waals surface area contributed by atoms with Crippen LogP contribution < -0.4 is 5.73 Å². The lowest BCUT2D eigenvalue weighted by atomic mass is 9.88. The number of hydrogen-bond donors (Lipinski definition) is 2. The summed E-state index contributed by atoms with van der Waals surface area (Å²) in [4.78, 5) is 30.5. The summed E-state index contributed by atoms with van der Waals surface area (Å²) >= 11 is 1.64. The first kappa shape index (κ1) is 20.5. The van der Waals surface area contributed by atoms with Crippen LogP contribution in [0.3, 0.4) is 0 Å². The van der Waals surface area contributed by atoms with Crippen LogP contribution in [0.5, 0.6) is 0 Å². The van der Waals surface area contributed by atoms with Gasteiger partial charge in [-0.2, -0.15) is 0 Å². The maximum atomic E-state index is 12.3. The van der Waals surface area contributed by atoms with E-state index in [2.05, 4.69) is 11.1 Å². The van der Waals surface area contributed by atoms with Crippen molar-refractivity contribution in [3.8, 4) is 10.4 Å². The van der Waals surface area contributed by atoms with Gasteiger partial charge in [-0.15, -0.1) is 11.3 Å². The topological polar surface area (TPSA) is 88.4 Å². The largest absolute Gasteiger partial charge is 0.449 e. The summed E-state index contributed by atoms with van der Waals surface area (Å²) in [5.41, 5.74) is 9.16. The van der Waals surface area contributed by atoms with Gasteiger partial charge in [-0.1, -0.05) is 19.9 Å². The fourth-order valence-corrected chi connectivity index (χ4v) is 4.79. The number of aromatic amines is 1. The molecule has 3 N–H and O–H groups in total. The van der Waals surface area contributed by atoms with Gasteiger partial charge in [-0.05, 0) is 59.4 Å². The quantitative estimate of drug-likeness (QED) is 0.605. The number of ether oxygens (including phenoxy) is 1. The number of H-pyrrole nitrogens is 1. The van der Waals surface area contributed by atoms with Crippen molar-refractivity contribution < 1.29 is 14.3 Å². The molecule has 3 aromatic rings. The van der Waals surface area contributed by atoms with Gasteiger partial charge < -0.3 is 20.4 Å². The molecule has 0 saturated carbocycles. The number of nitrogens with two attached hydrogens (primary N) is 1. The number of amides is 2. The van der Waals surface area contributed by atoms with Crippen LogP contribution in [0.1, 0.15) is 48.5 Å². The lowest BCUT2D eigenvalue weighted by Crippen LogP contribution is -2.38. The predicted octanol–water partition coefficient (Wildman–Crippen LogP) is 4.97. The molecule has 1 aliphatic rings. The number of nitrogens with one attached hydrogen (secondary N) is 1. The molecule has 158 valence electrons. The number of nitrogens with zero attached hydrogens (tertiary/aromatic N) is 1. The van der Waals surface area contributed by atoms with E-state index in [9.17, 15) is 9.59 Å². The number of rotatable bonds is 5. The third-order valence-corrected chi connectivity index (χ3v) is 6.54. The molecule has 1 aromatic carbocycles. The van der Waals surface area contributed by atoms with E-state index < -0.39 is 5.91 Å². The molecule has 1 fully saturated rings. The van der Waals surface area contributed by atoms with E-state index in [-0.39, 0.29) is 6.09 Å². The molecular formula is C23H27N3O3S. The molecule has 4 rings (SSSR count). The molecule has 0 radical (unpaired) electrons. The zero-order chi connectivity index (χ0) is 21.3. The molecule has 2 amide bonds. The van der Waals surface area contributed by atoms with Gasteiger partial charge in [0.2, 0.25) is 0 Å². The average molecular weight is 426 g/mol. The number of thiophene rings is 1. The highest BCUT2D eigenvalue weighted by Crippen LogP contribution is 2.37. The highest BCUT2D eigenvalue weighted by atomic mass is 32.1. The van der Waals surface area contributed by atoms with Crippen LogP contribution in [0.25, 0.3) is 21.3 Å². The standard InChI is InChI=1S/C23H27N3O3S/c1-14(2)13-29-23(28)26-7-5-15(6-8-26)19-12-25-21-17(19)10-16(11-18(21)22(24)27)20-4-3-9-30-20/h3-4,9-12,14-15,25H,5-8,13H2,1-2H3,(H2,24,27). The van der Waals surface area contributed by atoms with E-state index in [0.29, 0.717) is 37.1 Å². The second-order valence-corrected chi connectivity index (χ2v) is 9.21. The van der Waals surface area contributed by atoms with Crippen LogP contribution in [0.4, 0.5) is 4.79 Å². The van der Waals surface area contributed by atoms with Crippen molar-refractivity contribution in [2.75, 3.05) is 19.7 Å². The minimum absolute atomic E-state index is 0.225. The van der Waals surface area contributed by atoms with Gasteiger partial charge >= 0.3 is 6.09 Å². The first-order chi connectivity index (χ1) is 14.4. The number of carbonyl (C=O) groups excluding carboxylic acids is 2. The highest BCUT2D eigenvalue weighted by molar-refractivity contribution is 7.13. The van der Waals surface area contributed by atoms with Crippen LogP contribution in [-0.4, -0.2) is 41.6 Å². The Morgan fingerprint density at radius 3 is 2.70 bits per heavy atom. The van der Waals surface area contributed by atoms with Crippen molar-refractivity contribution in [3.05, 3.63) is 47.0 Å². The van der Waals surface area contributed by atoms with E-state index in [1.54, 1.807) is 16.2 Å². The molecule has 7 heteroatoms. The molecule has 0 spiro atoms. The van der Waals surface area contributed by atoms with Crippen LogP contribution in [-0.2, 0) is 4.74 Å². The van der Waals surface area contributed by atoms with E-state index in [4.69, 9.17) is 10.5 Å². The van der Waals surface area contributed by atoms with Crippen molar-refractivity contribution in [3.63, 3.8) is 0 Å². The van der Waals surface area contributed by atoms with Crippen molar-refractivity contribution in [2.24, 2.45) is 11.7 Å². The molecular weight excluding hydrogens is 398 g/mol. The summed E-state index contributed by atoms with van der Waals surface area (Å²) < 4.78 is 5.37. The molecule has 0 aliphatic carbocycles. The van der Waals surface area contributed by atoms with Crippen LogP contribution in [0, 0.1) is 5.92 Å². The lowest BCUT2D eigenvalue weighted by Gasteiger charge is -2.31. The Morgan fingerprint density at radius 2 is 2.07 bits per heavy atom. The summed E-state index contributed by atoms with van der Waals surface area (Å²) in [6, 6.07) is 8.05. The number of carbonyl (C=O) groups is 2. The Kier molecular flexibility index (Phi) is 5.81. The maximum Gasteiger partial charge on any atom is 0.409 e. The number of primary amides is 1. The van der Waals surface area contributed by atoms with Gasteiger partial charge in [-0.3, -0.25) is 4.79 Å². The molecule has 1 aliphatic heterocycles. The van der Waals surface area contributed by atoms with Gasteiger partial charge in [0.15, 0.2) is 0 Å². The molecule has 3 heterocycles. The zero-order valence-corrected chi connectivity index (χ0v) is 18.1. The maximum absolute atomic E-state index is 12.3. The molecule has 2 aromatic heterocycles. The Morgan fingerprint density at radius 1 is 1.30 bits per heavy atom. The summed E-state index contributed by atoms with van der Waals surface area (Å²) in [5.74, 6) is 0.205. The van der Waals surface area contributed by atoms with Gasteiger partial charge in [0.25, 0.3) is 5.91 Å². The summed E-state index contributed by atoms with van der Waals surface area (Å²) in [5, 5.41) is 3.06. The second-order valence-electron chi connectivity index (χ2n) is 8.26. The van der Waals surface area contributed by atoms with Crippen molar-refractivity contribution in [2.45, 2.75) is 32.6 Å². The minimum Gasteiger partial charge on any atom is -0.449 e. The Balaban J connectivity index is 1.58. The molecule has 0 bridgehead atoms. The van der Waals surface area contributed by atoms with Gasteiger partial charge in [0.05, 0.1) is 17.7 Å². The Bertz CT molecular complexity index is 1050. The van der Waals surface area contributed by atoms with Gasteiger partial charge in [0, 0.05) is 29.5 Å². The first-order valence-electron chi connectivity index (χ1n) is 10.3. The summed E-state index contributed by atoms with van der Waals surface area (Å²) in [7, 11) is 0. The fourth-order valence-electron chi connectivity index (χ4n) is 4.07. The first-order valence-corrected chi connectivity index (χ1v) is 11.2. The number of hydrogen-bond acceptors (Lipinski definition) is 4. The van der Waals surface area contributed by atoms with Crippen LogP contribution >= 0.6 is 11.3 Å². The average Bonchev–Trinajstić information content (AvgIpc) is 3.41. The van der Waals surface area contributed by atoms with Crippen molar-refractivity contribution in [1.29, 1.82) is 0 Å². The normalized spacial score (nSPS) is 15.1. The van der Waals surface area contributed by atoms with E-state index in [1.165, 1.54) is 5.56 Å². The molecule has 6 nitrogen and oxygen atoms in total. The Labute approximate surface area is 180 Å².